The van der Waals surface area contributed by atoms with Crippen molar-refractivity contribution in [3.8, 4) is 11.3 Å². The molecule has 4 rings (SSSR count). The molecule has 2 amide bonds. The van der Waals surface area contributed by atoms with Crippen molar-refractivity contribution in [3.05, 3.63) is 70.4 Å². The molecule has 0 spiro atoms. The molecule has 0 bridgehead atoms. The zero-order valence-corrected chi connectivity index (χ0v) is 21.3. The summed E-state index contributed by atoms with van der Waals surface area (Å²) in [6.45, 7) is 4.91. The molecule has 182 valence electrons. The van der Waals surface area contributed by atoms with Crippen LogP contribution in [-0.2, 0) is 4.79 Å². The standard InChI is InChI=1S/C25H24Cl2N4O3S/c1-2-23(32)31-13-11-30(12-14-31)18-6-4-17(5-7-18)28-25(35)29-24(33)22-10-9-21(34-22)19-15-16(26)3-8-20(19)27/h3-10,15H,2,11-14H2,1H3,(H2,28,29,33,35). The van der Waals surface area contributed by atoms with Gasteiger partial charge in [0.2, 0.25) is 5.91 Å². The summed E-state index contributed by atoms with van der Waals surface area (Å²) in [6.07, 6.45) is 0.536. The normalized spacial score (nSPS) is 13.5. The molecule has 0 aliphatic carbocycles. The molecule has 1 aliphatic rings. The minimum atomic E-state index is -0.483. The van der Waals surface area contributed by atoms with Crippen LogP contribution in [0, 0.1) is 0 Å². The van der Waals surface area contributed by atoms with E-state index >= 15 is 0 Å². The highest BCUT2D eigenvalue weighted by atomic mass is 35.5. The smallest absolute Gasteiger partial charge is 0.293 e. The zero-order chi connectivity index (χ0) is 24.9. The third-order valence-corrected chi connectivity index (χ3v) is 6.44. The summed E-state index contributed by atoms with van der Waals surface area (Å²) >= 11 is 17.5. The van der Waals surface area contributed by atoms with Crippen LogP contribution in [0.2, 0.25) is 10.0 Å². The van der Waals surface area contributed by atoms with Crippen molar-refractivity contribution in [3.63, 3.8) is 0 Å². The van der Waals surface area contributed by atoms with Gasteiger partial charge < -0.3 is 19.5 Å². The van der Waals surface area contributed by atoms with Crippen LogP contribution in [0.4, 0.5) is 11.4 Å². The second-order valence-electron chi connectivity index (χ2n) is 7.96. The fourth-order valence-electron chi connectivity index (χ4n) is 3.81. The predicted octanol–water partition coefficient (Wildman–Crippen LogP) is 5.44. The first-order valence-electron chi connectivity index (χ1n) is 11.1. The number of anilines is 2. The van der Waals surface area contributed by atoms with Crippen LogP contribution in [0.25, 0.3) is 11.3 Å². The Morgan fingerprint density at radius 3 is 2.40 bits per heavy atom. The van der Waals surface area contributed by atoms with Gasteiger partial charge in [-0.2, -0.15) is 0 Å². The first-order chi connectivity index (χ1) is 16.8. The summed E-state index contributed by atoms with van der Waals surface area (Å²) in [7, 11) is 0. The Labute approximate surface area is 219 Å². The van der Waals surface area contributed by atoms with Crippen LogP contribution in [0.1, 0.15) is 23.9 Å². The second kappa shape index (κ2) is 11.1. The lowest BCUT2D eigenvalue weighted by Gasteiger charge is -2.36. The number of rotatable bonds is 5. The number of piperazine rings is 1. The van der Waals surface area contributed by atoms with Crippen molar-refractivity contribution < 1.29 is 14.0 Å². The molecule has 10 heteroatoms. The molecule has 1 fully saturated rings. The third kappa shape index (κ3) is 6.14. The maximum atomic E-state index is 12.6. The van der Waals surface area contributed by atoms with Crippen molar-refractivity contribution in [1.82, 2.24) is 10.2 Å². The Bertz CT molecular complexity index is 1240. The van der Waals surface area contributed by atoms with Gasteiger partial charge >= 0.3 is 0 Å². The van der Waals surface area contributed by atoms with E-state index in [-0.39, 0.29) is 16.8 Å². The molecule has 2 aromatic carbocycles. The molecular weight excluding hydrogens is 507 g/mol. The van der Waals surface area contributed by atoms with Gasteiger partial charge in [0.05, 0.1) is 5.02 Å². The molecular formula is C25H24Cl2N4O3S. The number of benzene rings is 2. The van der Waals surface area contributed by atoms with E-state index in [0.717, 1.165) is 37.6 Å². The number of carbonyl (C=O) groups is 2. The van der Waals surface area contributed by atoms with E-state index in [2.05, 4.69) is 15.5 Å². The average molecular weight is 531 g/mol. The molecule has 3 aromatic rings. The average Bonchev–Trinajstić information content (AvgIpc) is 3.36. The van der Waals surface area contributed by atoms with Crippen LogP contribution in [0.15, 0.2) is 59.0 Å². The maximum Gasteiger partial charge on any atom is 0.293 e. The number of furan rings is 1. The maximum absolute atomic E-state index is 12.6. The Hall–Kier alpha value is -3.07. The Morgan fingerprint density at radius 1 is 1.00 bits per heavy atom. The SMILES string of the molecule is CCC(=O)N1CCN(c2ccc(NC(=S)NC(=O)c3ccc(-c4cc(Cl)ccc4Cl)o3)cc2)CC1. The van der Waals surface area contributed by atoms with E-state index in [1.54, 1.807) is 30.3 Å². The van der Waals surface area contributed by atoms with Gasteiger partial charge in [-0.3, -0.25) is 14.9 Å². The number of nitrogens with zero attached hydrogens (tertiary/aromatic N) is 2. The topological polar surface area (TPSA) is 77.8 Å². The molecule has 0 saturated carbocycles. The quantitative estimate of drug-likeness (QED) is 0.427. The van der Waals surface area contributed by atoms with Crippen molar-refractivity contribution >= 4 is 63.7 Å². The summed E-state index contributed by atoms with van der Waals surface area (Å²) < 4.78 is 5.66. The monoisotopic (exact) mass is 530 g/mol. The van der Waals surface area contributed by atoms with Gasteiger partial charge in [0.15, 0.2) is 10.9 Å². The lowest BCUT2D eigenvalue weighted by Crippen LogP contribution is -2.48. The number of amides is 2. The molecule has 2 heterocycles. The lowest BCUT2D eigenvalue weighted by atomic mass is 10.2. The van der Waals surface area contributed by atoms with Crippen LogP contribution in [0.5, 0.6) is 0 Å². The molecule has 35 heavy (non-hydrogen) atoms. The van der Waals surface area contributed by atoms with E-state index in [9.17, 15) is 9.59 Å². The first kappa shape index (κ1) is 25.0. The minimum absolute atomic E-state index is 0.0937. The summed E-state index contributed by atoms with van der Waals surface area (Å²) in [5, 5.41) is 6.74. The third-order valence-electron chi connectivity index (χ3n) is 5.68. The zero-order valence-electron chi connectivity index (χ0n) is 19.0. The summed E-state index contributed by atoms with van der Waals surface area (Å²) in [6, 6.07) is 16.0. The Kier molecular flexibility index (Phi) is 7.95. The van der Waals surface area contributed by atoms with Crippen LogP contribution in [0.3, 0.4) is 0 Å². The number of hydrogen-bond donors (Lipinski definition) is 2. The number of halogens is 2. The van der Waals surface area contributed by atoms with Crippen molar-refractivity contribution in [2.24, 2.45) is 0 Å². The van der Waals surface area contributed by atoms with E-state index < -0.39 is 5.91 Å². The van der Waals surface area contributed by atoms with Gasteiger partial charge in [-0.1, -0.05) is 30.1 Å². The molecule has 1 aliphatic heterocycles. The van der Waals surface area contributed by atoms with Gasteiger partial charge in [-0.25, -0.2) is 0 Å². The molecule has 7 nitrogen and oxygen atoms in total. The van der Waals surface area contributed by atoms with Crippen LogP contribution >= 0.6 is 35.4 Å². The number of thiocarbonyl (C=S) groups is 1. The van der Waals surface area contributed by atoms with Crippen LogP contribution in [-0.4, -0.2) is 48.0 Å². The van der Waals surface area contributed by atoms with Gasteiger partial charge in [0.1, 0.15) is 5.76 Å². The fraction of sp³-hybridized carbons (Fsp3) is 0.240. The minimum Gasteiger partial charge on any atom is -0.451 e. The highest BCUT2D eigenvalue weighted by molar-refractivity contribution is 7.80. The first-order valence-corrected chi connectivity index (χ1v) is 12.3. The second-order valence-corrected chi connectivity index (χ2v) is 9.22. The predicted molar refractivity (Wildman–Crippen MR) is 143 cm³/mol. The molecule has 1 aromatic heterocycles. The summed E-state index contributed by atoms with van der Waals surface area (Å²) in [5.41, 5.74) is 2.40. The van der Waals surface area contributed by atoms with Crippen molar-refractivity contribution in [1.29, 1.82) is 0 Å². The number of nitrogens with one attached hydrogen (secondary N) is 2. The van der Waals surface area contributed by atoms with Crippen LogP contribution < -0.4 is 15.5 Å². The molecule has 0 radical (unpaired) electrons. The van der Waals surface area contributed by atoms with E-state index in [0.29, 0.717) is 27.8 Å². The number of carbonyl (C=O) groups excluding carboxylic acids is 2. The van der Waals surface area contributed by atoms with Crippen molar-refractivity contribution in [2.75, 3.05) is 36.4 Å². The van der Waals surface area contributed by atoms with E-state index in [1.165, 1.54) is 0 Å². The number of hydrogen-bond acceptors (Lipinski definition) is 5. The van der Waals surface area contributed by atoms with Gasteiger partial charge in [0.25, 0.3) is 5.91 Å². The highest BCUT2D eigenvalue weighted by Crippen LogP contribution is 2.31. The van der Waals surface area contributed by atoms with Gasteiger partial charge in [-0.15, -0.1) is 0 Å². The summed E-state index contributed by atoms with van der Waals surface area (Å²) in [4.78, 5) is 28.6. The van der Waals surface area contributed by atoms with Crippen molar-refractivity contribution in [2.45, 2.75) is 13.3 Å². The Balaban J connectivity index is 1.31. The van der Waals surface area contributed by atoms with E-state index in [1.807, 2.05) is 36.1 Å². The summed E-state index contributed by atoms with van der Waals surface area (Å²) in [5.74, 6) is 0.232. The molecule has 2 N–H and O–H groups in total. The van der Waals surface area contributed by atoms with Gasteiger partial charge in [0, 0.05) is 54.6 Å². The van der Waals surface area contributed by atoms with Gasteiger partial charge in [-0.05, 0) is 66.8 Å². The van der Waals surface area contributed by atoms with E-state index in [4.69, 9.17) is 39.8 Å². The Morgan fingerprint density at radius 2 is 1.71 bits per heavy atom. The highest BCUT2D eigenvalue weighted by Gasteiger charge is 2.20. The molecule has 0 atom stereocenters. The molecule has 1 saturated heterocycles. The lowest BCUT2D eigenvalue weighted by molar-refractivity contribution is -0.131. The molecule has 0 unspecified atom stereocenters. The largest absolute Gasteiger partial charge is 0.451 e. The fourth-order valence-corrected chi connectivity index (χ4v) is 4.40.